The van der Waals surface area contributed by atoms with Crippen LogP contribution in [0.15, 0.2) is 221 Å². The fourth-order valence-corrected chi connectivity index (χ4v) is 13.8. The van der Waals surface area contributed by atoms with E-state index in [-0.39, 0.29) is 23.7 Å². The van der Waals surface area contributed by atoms with Gasteiger partial charge in [-0.25, -0.2) is 27.4 Å². The number of halogens is 13. The molecule has 0 bridgehead atoms. The summed E-state index contributed by atoms with van der Waals surface area (Å²) in [6.07, 6.45) is 0.579. The number of benzene rings is 9. The summed E-state index contributed by atoms with van der Waals surface area (Å²) >= 11 is 32.6. The van der Waals surface area contributed by atoms with Crippen LogP contribution in [0.25, 0.3) is 54.8 Å². The zero-order valence-electron chi connectivity index (χ0n) is 60.6. The van der Waals surface area contributed by atoms with Gasteiger partial charge in [0.25, 0.3) is 5.91 Å². The second kappa shape index (κ2) is 42.3. The first-order chi connectivity index (χ1) is 54.3. The van der Waals surface area contributed by atoms with Gasteiger partial charge in [0.15, 0.2) is 5.75 Å². The molecule has 0 aliphatic carbocycles. The Morgan fingerprint density at radius 2 is 1.03 bits per heavy atom. The molecule has 114 heavy (non-hydrogen) atoms. The number of carbonyl (C=O) groups excluding carboxylic acids is 3. The van der Waals surface area contributed by atoms with Crippen molar-refractivity contribution in [2.24, 2.45) is 0 Å². The third kappa shape index (κ3) is 23.7. The van der Waals surface area contributed by atoms with Crippen LogP contribution in [0.2, 0.25) is 15.2 Å². The number of aliphatic hydroxyl groups is 1. The van der Waals surface area contributed by atoms with Crippen LogP contribution in [0.3, 0.4) is 0 Å². The molecule has 3 amide bonds. The van der Waals surface area contributed by atoms with E-state index >= 15 is 0 Å². The molecule has 0 spiro atoms. The second-order valence-electron chi connectivity index (χ2n) is 23.6. The van der Waals surface area contributed by atoms with E-state index in [4.69, 9.17) is 83.2 Å². The van der Waals surface area contributed by atoms with Crippen molar-refractivity contribution >= 4 is 150 Å². The Hall–Kier alpha value is -10.2. The van der Waals surface area contributed by atoms with Gasteiger partial charge in [0.1, 0.15) is 38.6 Å². The van der Waals surface area contributed by atoms with Crippen LogP contribution >= 0.6 is 81.9 Å². The fourth-order valence-electron chi connectivity index (χ4n) is 10.1. The van der Waals surface area contributed by atoms with Crippen LogP contribution < -0.4 is 23.0 Å². The number of alkyl halides is 3. The molecule has 0 unspecified atom stereocenters. The number of hydrogen-bond donors (Lipinski definition) is 2. The van der Waals surface area contributed by atoms with Gasteiger partial charge in [-0.05, 0) is 157 Å². The minimum atomic E-state index is -4.99. The average molecular weight is 1720 g/mol. The minimum absolute atomic E-state index is 0.00741. The lowest BCUT2D eigenvalue weighted by Gasteiger charge is -2.18. The molecule has 593 valence electrons. The number of aliphatic hydroxyl groups excluding tert-OH is 1. The molecule has 1 fully saturated rings. The number of carbonyl (C=O) groups is 3. The number of Topliss-reactive ketones (excluding diaryl/α,β-unsaturated/α-hetero) is 1. The summed E-state index contributed by atoms with van der Waals surface area (Å²) in [7, 11) is 0.667. The van der Waals surface area contributed by atoms with E-state index in [1.54, 1.807) is 37.6 Å². The topological polar surface area (TPSA) is 241 Å². The van der Waals surface area contributed by atoms with E-state index in [2.05, 4.69) is 107 Å². The van der Waals surface area contributed by atoms with Gasteiger partial charge in [-0.15, -0.1) is 23.5 Å². The number of urea groups is 1. The standard InChI is InChI=1S/C23H18ClNOS.C22H11ClF5NO4S.C16H12ClNS.C8H7BF3O3.C5H6Cl2N2O2.C4H5NO.CH4O/c1-26-22-14-18(24)7-9-21(22)23-20-10-8-19(13-17(20)11-12-25-23)27-15-16-5-3-2-4-6-16;1-32-15-9-11(23)2-4-14(15)21-13-5-3-12(8-10(13)6-7-29-21)34(30,31)33-22-19(27)17(25)16(24)18(26)20(22)28;17-16-15-7-6-14(10-13(15)8-9-18-16)19-11-12-4-2-1-3-5-12;1-14-7-4-5(8(10,11)12)2-3-6(7)15-9-13;1-5(2)3(10)8(6)4(11)9(5)7;1-4(6)2-3-5;1-2/h2-14H,15H2,1H3;2-9H,1H3;1-10H,11H2;2-4,13H,1H3;1-2H3;2H2,1H3;2H,1H3. The lowest BCUT2D eigenvalue weighted by atomic mass is 10.0. The number of aromatic nitrogens is 3. The molecule has 1 saturated heterocycles. The van der Waals surface area contributed by atoms with Gasteiger partial charge in [-0.2, -0.15) is 40.1 Å². The van der Waals surface area contributed by atoms with Crippen molar-refractivity contribution in [3.63, 3.8) is 0 Å². The number of ether oxygens (including phenoxy) is 3. The highest BCUT2D eigenvalue weighted by molar-refractivity contribution is 7.98. The van der Waals surface area contributed by atoms with Gasteiger partial charge in [0.2, 0.25) is 34.8 Å². The van der Waals surface area contributed by atoms with Crippen LogP contribution in [0, 0.1) is 40.4 Å². The maximum atomic E-state index is 13.9. The van der Waals surface area contributed by atoms with E-state index in [1.165, 1.54) is 74.2 Å². The predicted octanol–water partition coefficient (Wildman–Crippen LogP) is 21.1. The number of rotatable bonds is 17. The Bertz CT molecular complexity index is 5540. The van der Waals surface area contributed by atoms with Gasteiger partial charge in [-0.1, -0.05) is 114 Å². The zero-order valence-corrected chi connectivity index (χ0v) is 66.9. The van der Waals surface area contributed by atoms with Crippen LogP contribution in [-0.4, -0.2) is 102 Å². The van der Waals surface area contributed by atoms with Crippen molar-refractivity contribution in [3.8, 4) is 57.3 Å². The highest BCUT2D eigenvalue weighted by Crippen LogP contribution is 2.41. The molecule has 13 rings (SSSR count). The first kappa shape index (κ1) is 91.0. The molecular weight excluding hydrogens is 1660 g/mol. The Morgan fingerprint density at radius 3 is 1.44 bits per heavy atom. The third-order valence-corrected chi connectivity index (χ3v) is 20.7. The molecule has 1 radical (unpaired) electrons. The van der Waals surface area contributed by atoms with E-state index in [9.17, 15) is 57.9 Å². The number of methoxy groups -OCH3 is 3. The maximum Gasteiger partial charge on any atom is 0.569 e. The molecule has 35 heteroatoms. The number of ketones is 1. The molecular formula is C79H63BCl5F8N6O12S3. The molecule has 1 aliphatic rings. The van der Waals surface area contributed by atoms with E-state index in [1.807, 2.05) is 78.3 Å². The summed E-state index contributed by atoms with van der Waals surface area (Å²) in [5.74, 6) is -11.5. The summed E-state index contributed by atoms with van der Waals surface area (Å²) in [6.45, 7) is 4.43. The largest absolute Gasteiger partial charge is 0.569 e. The third-order valence-electron chi connectivity index (χ3n) is 15.7. The molecule has 0 saturated carbocycles. The Morgan fingerprint density at radius 1 is 0.579 bits per heavy atom. The Labute approximate surface area is 683 Å². The molecule has 12 aromatic rings. The number of amides is 3. The zero-order chi connectivity index (χ0) is 83.8. The SMILES string of the molecule is CC(=O)CC#N.CC1(C)C(=O)N(Cl)C(=O)N1Cl.CO.COc1cc(C(F)(F)F)ccc1O[B]O.COc1cc(Cl)ccc1-c1nccc2cc(S(=O)(=O)Oc3c(F)c(F)c(F)c(F)c3F)ccc12.COc1cc(Cl)ccc1-c1nccc2cc(SCc3ccccc3)ccc12.Clc1nccc2cc(SCc3ccccc3)ccc12. The van der Waals surface area contributed by atoms with Crippen molar-refractivity contribution in [1.82, 2.24) is 23.8 Å². The molecule has 3 aromatic heterocycles. The number of thioether (sulfide) groups is 2. The fraction of sp³-hybridized carbons (Fsp3) is 0.152. The van der Waals surface area contributed by atoms with Gasteiger partial charge in [0, 0.05) is 108 Å². The number of fused-ring (bicyclic) bond motifs is 3. The summed E-state index contributed by atoms with van der Waals surface area (Å²) in [4.78, 5) is 46.7. The predicted molar refractivity (Wildman–Crippen MR) is 426 cm³/mol. The number of nitriles is 1. The highest BCUT2D eigenvalue weighted by atomic mass is 35.5. The van der Waals surface area contributed by atoms with Gasteiger partial charge >= 0.3 is 30.0 Å². The maximum absolute atomic E-state index is 13.9. The van der Waals surface area contributed by atoms with E-state index < -0.39 is 79.1 Å². The number of imide groups is 1. The van der Waals surface area contributed by atoms with Crippen molar-refractivity contribution in [2.45, 2.75) is 65.1 Å². The molecule has 2 N–H and O–H groups in total. The quantitative estimate of drug-likeness (QED) is 0.00991. The molecule has 0 atom stereocenters. The van der Waals surface area contributed by atoms with E-state index in [0.717, 1.165) is 91.9 Å². The van der Waals surface area contributed by atoms with Gasteiger partial charge in [-0.3, -0.25) is 19.6 Å². The van der Waals surface area contributed by atoms with Gasteiger partial charge < -0.3 is 33.2 Å². The van der Waals surface area contributed by atoms with Crippen molar-refractivity contribution < 1.29 is 91.1 Å². The summed E-state index contributed by atoms with van der Waals surface area (Å²) < 4.78 is 155. The Balaban J connectivity index is 0.000000201. The normalized spacial score (nSPS) is 11.9. The molecule has 4 heterocycles. The van der Waals surface area contributed by atoms with Gasteiger partial charge in [0.05, 0.1) is 50.8 Å². The van der Waals surface area contributed by atoms with Crippen molar-refractivity contribution in [1.29, 1.82) is 5.26 Å². The summed E-state index contributed by atoms with van der Waals surface area (Å²) in [5, 5.41) is 29.9. The monoisotopic (exact) mass is 1720 g/mol. The first-order valence-electron chi connectivity index (χ1n) is 32.7. The average Bonchev–Trinajstić information content (AvgIpc) is 1.03. The summed E-state index contributed by atoms with van der Waals surface area (Å²) in [5.41, 5.74) is 3.58. The first-order valence-corrected chi connectivity index (χ1v) is 37.9. The minimum Gasteiger partial charge on any atom is -0.535 e. The Kier molecular flexibility index (Phi) is 33.8. The van der Waals surface area contributed by atoms with E-state index in [0.29, 0.717) is 55.1 Å². The van der Waals surface area contributed by atoms with Crippen LogP contribution in [-0.2, 0) is 37.4 Å². The number of nitrogens with zero attached hydrogens (tertiary/aromatic N) is 6. The van der Waals surface area contributed by atoms with Crippen molar-refractivity contribution in [3.05, 3.63) is 268 Å². The highest BCUT2D eigenvalue weighted by Gasteiger charge is 2.51. The van der Waals surface area contributed by atoms with Crippen LogP contribution in [0.5, 0.6) is 28.7 Å². The van der Waals surface area contributed by atoms with Crippen LogP contribution in [0.4, 0.5) is 39.9 Å². The summed E-state index contributed by atoms with van der Waals surface area (Å²) in [6, 6.07) is 57.0. The number of hydrogen-bond acceptors (Lipinski definition) is 18. The van der Waals surface area contributed by atoms with Crippen molar-refractivity contribution in [2.75, 3.05) is 28.4 Å². The molecule has 9 aromatic carbocycles. The lowest BCUT2D eigenvalue weighted by Crippen LogP contribution is -2.38. The second-order valence-corrected chi connectivity index (χ2v) is 29.1. The lowest BCUT2D eigenvalue weighted by molar-refractivity contribution is -0.137. The van der Waals surface area contributed by atoms with Crippen LogP contribution in [0.1, 0.15) is 43.9 Å². The number of pyridine rings is 3. The molecule has 18 nitrogen and oxygen atoms in total. The molecule has 1 aliphatic heterocycles. The smallest absolute Gasteiger partial charge is 0.535 e.